The third-order valence-electron chi connectivity index (χ3n) is 1.86. The van der Waals surface area contributed by atoms with Gasteiger partial charge in [-0.15, -0.1) is 0 Å². The minimum atomic E-state index is -3.32. The van der Waals surface area contributed by atoms with E-state index in [0.717, 1.165) is 0 Å². The van der Waals surface area contributed by atoms with Crippen LogP contribution >= 0.6 is 0 Å². The first-order chi connectivity index (χ1) is 5.13. The van der Waals surface area contributed by atoms with Gasteiger partial charge in [0.05, 0.1) is 5.75 Å². The van der Waals surface area contributed by atoms with Gasteiger partial charge in [-0.25, -0.2) is 13.6 Å². The summed E-state index contributed by atoms with van der Waals surface area (Å²) in [6.07, 6.45) is 0. The van der Waals surface area contributed by atoms with E-state index in [0.29, 0.717) is 6.54 Å². The maximum absolute atomic E-state index is 10.6. The maximum Gasteiger partial charge on any atom is 0.210 e. The van der Waals surface area contributed by atoms with Crippen LogP contribution in [0.1, 0.15) is 20.8 Å². The molecule has 0 bridgehead atoms. The lowest BCUT2D eigenvalue weighted by Gasteiger charge is -2.31. The van der Waals surface area contributed by atoms with Crippen LogP contribution in [0.2, 0.25) is 0 Å². The molecule has 0 aromatic heterocycles. The normalized spacial score (nSPS) is 13.8. The number of nitrogens with two attached hydrogens (primary N) is 1. The zero-order chi connectivity index (χ0) is 9.99. The van der Waals surface area contributed by atoms with Gasteiger partial charge in [0.1, 0.15) is 0 Å². The number of sulfonamides is 1. The first-order valence-corrected chi connectivity index (χ1v) is 5.56. The van der Waals surface area contributed by atoms with Gasteiger partial charge in [0.25, 0.3) is 0 Å². The van der Waals surface area contributed by atoms with E-state index in [1.54, 1.807) is 0 Å². The van der Waals surface area contributed by atoms with Crippen LogP contribution in [0.3, 0.4) is 0 Å². The van der Waals surface area contributed by atoms with Crippen LogP contribution in [0.25, 0.3) is 0 Å². The fourth-order valence-electron chi connectivity index (χ4n) is 0.600. The molecule has 0 saturated heterocycles. The van der Waals surface area contributed by atoms with E-state index in [9.17, 15) is 8.42 Å². The molecular weight excluding hydrogens is 176 g/mol. The smallest absolute Gasteiger partial charge is 0.210 e. The lowest BCUT2D eigenvalue weighted by molar-refractivity contribution is 0.186. The van der Waals surface area contributed by atoms with Gasteiger partial charge in [-0.05, 0) is 27.8 Å². The second-order valence-corrected chi connectivity index (χ2v) is 5.69. The Morgan fingerprint density at radius 1 is 1.33 bits per heavy atom. The Morgan fingerprint density at radius 2 is 1.75 bits per heavy atom. The van der Waals surface area contributed by atoms with Crippen LogP contribution in [0.5, 0.6) is 0 Å². The third-order valence-corrected chi connectivity index (χ3v) is 2.61. The molecule has 0 aromatic carbocycles. The van der Waals surface area contributed by atoms with Crippen molar-refractivity contribution in [2.24, 2.45) is 5.14 Å². The number of hydrogen-bond acceptors (Lipinski definition) is 3. The molecule has 2 N–H and O–H groups in total. The van der Waals surface area contributed by atoms with Gasteiger partial charge in [0.15, 0.2) is 0 Å². The third kappa shape index (κ3) is 5.51. The van der Waals surface area contributed by atoms with Gasteiger partial charge < -0.3 is 4.90 Å². The SMILES string of the molecule is CN(CCS(N)(=O)=O)C(C)(C)C. The second kappa shape index (κ2) is 3.72. The van der Waals surface area contributed by atoms with Gasteiger partial charge in [-0.2, -0.15) is 0 Å². The highest BCUT2D eigenvalue weighted by atomic mass is 32.2. The summed E-state index contributed by atoms with van der Waals surface area (Å²) in [4.78, 5) is 1.96. The van der Waals surface area contributed by atoms with Gasteiger partial charge >= 0.3 is 0 Å². The molecule has 0 aromatic rings. The fourth-order valence-corrected chi connectivity index (χ4v) is 1.13. The quantitative estimate of drug-likeness (QED) is 0.688. The van der Waals surface area contributed by atoms with E-state index in [2.05, 4.69) is 0 Å². The molecule has 12 heavy (non-hydrogen) atoms. The molecule has 0 unspecified atom stereocenters. The number of primary sulfonamides is 1. The van der Waals surface area contributed by atoms with Crippen molar-refractivity contribution in [2.45, 2.75) is 26.3 Å². The molecule has 0 amide bonds. The summed E-state index contributed by atoms with van der Waals surface area (Å²) < 4.78 is 21.2. The van der Waals surface area contributed by atoms with E-state index in [4.69, 9.17) is 5.14 Å². The predicted molar refractivity (Wildman–Crippen MR) is 50.4 cm³/mol. The van der Waals surface area contributed by atoms with Crippen molar-refractivity contribution in [1.82, 2.24) is 4.90 Å². The summed E-state index contributed by atoms with van der Waals surface area (Å²) in [7, 11) is -1.44. The molecule has 0 rings (SSSR count). The Bertz CT molecular complexity index is 228. The number of hydrogen-bond donors (Lipinski definition) is 1. The topological polar surface area (TPSA) is 63.4 Å². The van der Waals surface area contributed by atoms with Gasteiger partial charge in [-0.3, -0.25) is 0 Å². The average molecular weight is 194 g/mol. The highest BCUT2D eigenvalue weighted by Gasteiger charge is 2.17. The van der Waals surface area contributed by atoms with Crippen molar-refractivity contribution in [1.29, 1.82) is 0 Å². The summed E-state index contributed by atoms with van der Waals surface area (Å²) in [6, 6.07) is 0. The van der Waals surface area contributed by atoms with E-state index < -0.39 is 10.0 Å². The first-order valence-electron chi connectivity index (χ1n) is 3.84. The van der Waals surface area contributed by atoms with Crippen molar-refractivity contribution in [3.05, 3.63) is 0 Å². The van der Waals surface area contributed by atoms with Crippen molar-refractivity contribution in [2.75, 3.05) is 19.3 Å². The Labute approximate surface area is 74.8 Å². The highest BCUT2D eigenvalue weighted by Crippen LogP contribution is 2.09. The summed E-state index contributed by atoms with van der Waals surface area (Å²) >= 11 is 0. The molecule has 0 heterocycles. The van der Waals surface area contributed by atoms with Gasteiger partial charge in [-0.1, -0.05) is 0 Å². The van der Waals surface area contributed by atoms with E-state index in [-0.39, 0.29) is 11.3 Å². The van der Waals surface area contributed by atoms with Crippen LogP contribution in [0.4, 0.5) is 0 Å². The molecule has 0 aliphatic heterocycles. The fraction of sp³-hybridized carbons (Fsp3) is 1.00. The van der Waals surface area contributed by atoms with Crippen LogP contribution in [-0.2, 0) is 10.0 Å². The van der Waals surface area contributed by atoms with Crippen molar-refractivity contribution in [3.63, 3.8) is 0 Å². The predicted octanol–water partition coefficient (Wildman–Crippen LogP) is 0.00520. The maximum atomic E-state index is 10.6. The Morgan fingerprint density at radius 3 is 2.00 bits per heavy atom. The molecule has 0 aliphatic rings. The van der Waals surface area contributed by atoms with Crippen LogP contribution in [-0.4, -0.2) is 38.2 Å². The van der Waals surface area contributed by atoms with E-state index in [1.165, 1.54) is 0 Å². The Balaban J connectivity index is 3.97. The molecule has 0 spiro atoms. The Hall–Kier alpha value is -0.130. The highest BCUT2D eigenvalue weighted by molar-refractivity contribution is 7.89. The lowest BCUT2D eigenvalue weighted by Crippen LogP contribution is -2.41. The van der Waals surface area contributed by atoms with Crippen LogP contribution in [0, 0.1) is 0 Å². The molecule has 0 fully saturated rings. The summed E-state index contributed by atoms with van der Waals surface area (Å²) in [5.41, 5.74) is -0.00924. The minimum absolute atomic E-state index is 0.00924. The van der Waals surface area contributed by atoms with Crippen molar-refractivity contribution < 1.29 is 8.42 Å². The zero-order valence-electron chi connectivity index (χ0n) is 8.16. The molecule has 0 saturated carbocycles. The van der Waals surface area contributed by atoms with Crippen molar-refractivity contribution in [3.8, 4) is 0 Å². The average Bonchev–Trinajstić information content (AvgIpc) is 1.78. The molecule has 5 heteroatoms. The minimum Gasteiger partial charge on any atom is -0.300 e. The van der Waals surface area contributed by atoms with E-state index in [1.807, 2.05) is 32.7 Å². The van der Waals surface area contributed by atoms with E-state index >= 15 is 0 Å². The van der Waals surface area contributed by atoms with Gasteiger partial charge in [0.2, 0.25) is 10.0 Å². The zero-order valence-corrected chi connectivity index (χ0v) is 8.98. The standard InChI is InChI=1S/C7H18N2O2S/c1-7(2,3)9(4)5-6-12(8,10)11/h5-6H2,1-4H3,(H2,8,10,11). The number of nitrogens with zero attached hydrogens (tertiary/aromatic N) is 1. The first kappa shape index (κ1) is 11.9. The van der Waals surface area contributed by atoms with Crippen LogP contribution < -0.4 is 5.14 Å². The lowest BCUT2D eigenvalue weighted by atomic mass is 10.1. The van der Waals surface area contributed by atoms with Gasteiger partial charge in [0, 0.05) is 12.1 Å². The second-order valence-electron chi connectivity index (χ2n) is 3.96. The number of rotatable bonds is 3. The summed E-state index contributed by atoms with van der Waals surface area (Å²) in [5.74, 6) is 0.0147. The Kier molecular flexibility index (Phi) is 3.68. The molecule has 4 nitrogen and oxygen atoms in total. The molecule has 74 valence electrons. The molecule has 0 radical (unpaired) electrons. The summed E-state index contributed by atoms with van der Waals surface area (Å²) in [6.45, 7) is 6.55. The molecule has 0 atom stereocenters. The molecule has 0 aliphatic carbocycles. The van der Waals surface area contributed by atoms with Crippen LogP contribution in [0.15, 0.2) is 0 Å². The molecular formula is C7H18N2O2S. The van der Waals surface area contributed by atoms with Crippen molar-refractivity contribution >= 4 is 10.0 Å². The summed E-state index contributed by atoms with van der Waals surface area (Å²) in [5, 5.41) is 4.87. The largest absolute Gasteiger partial charge is 0.300 e. The monoisotopic (exact) mass is 194 g/mol.